The van der Waals surface area contributed by atoms with Crippen LogP contribution in [-0.2, 0) is 4.79 Å². The van der Waals surface area contributed by atoms with Crippen molar-refractivity contribution in [1.29, 1.82) is 0 Å². The van der Waals surface area contributed by atoms with Crippen LogP contribution in [0.15, 0.2) is 75.2 Å². The molecule has 0 bridgehead atoms. The van der Waals surface area contributed by atoms with Gasteiger partial charge in [0.25, 0.3) is 5.91 Å². The van der Waals surface area contributed by atoms with Crippen molar-refractivity contribution in [2.75, 3.05) is 5.75 Å². The second kappa shape index (κ2) is 8.24. The first-order valence-electron chi connectivity index (χ1n) is 9.99. The molecule has 1 unspecified atom stereocenters. The lowest BCUT2D eigenvalue weighted by Crippen LogP contribution is -2.50. The number of carbonyl (C=O) groups excluding carboxylic acids is 1. The maximum Gasteiger partial charge on any atom is 0.276 e. The smallest absolute Gasteiger partial charge is 0.276 e. The highest BCUT2D eigenvalue weighted by molar-refractivity contribution is 8.13. The van der Waals surface area contributed by atoms with Crippen LogP contribution in [0.3, 0.4) is 0 Å². The third kappa shape index (κ3) is 3.64. The Hall–Kier alpha value is -3.03. The molecule has 0 saturated heterocycles. The number of nitrogens with one attached hydrogen (secondary N) is 1. The zero-order valence-corrected chi connectivity index (χ0v) is 18.3. The number of fused-ring (bicyclic) bond motifs is 2. The molecule has 0 aliphatic carbocycles. The van der Waals surface area contributed by atoms with Gasteiger partial charge in [0.2, 0.25) is 6.17 Å². The number of nitrogens with zero attached hydrogens (tertiary/aromatic N) is 3. The minimum atomic E-state index is -0.593. The van der Waals surface area contributed by atoms with E-state index < -0.39 is 6.17 Å². The first-order valence-corrected chi connectivity index (χ1v) is 11.4. The van der Waals surface area contributed by atoms with Crippen LogP contribution in [0.2, 0.25) is 5.02 Å². The fourth-order valence-corrected chi connectivity index (χ4v) is 4.51. The highest BCUT2D eigenvalue weighted by atomic mass is 35.5. The third-order valence-electron chi connectivity index (χ3n) is 4.98. The zero-order chi connectivity index (χ0) is 21.4. The number of amides is 1. The van der Waals surface area contributed by atoms with Crippen molar-refractivity contribution in [3.8, 4) is 11.3 Å². The Kier molecular flexibility index (Phi) is 5.29. The summed E-state index contributed by atoms with van der Waals surface area (Å²) >= 11 is 7.86. The van der Waals surface area contributed by atoms with Gasteiger partial charge in [-0.25, -0.2) is 10.0 Å². The van der Waals surface area contributed by atoms with Gasteiger partial charge in [-0.15, -0.1) is 5.10 Å². The van der Waals surface area contributed by atoms with Crippen molar-refractivity contribution in [1.82, 2.24) is 10.3 Å². The van der Waals surface area contributed by atoms with Crippen LogP contribution in [0.25, 0.3) is 17.0 Å². The largest absolute Gasteiger partial charge is 0.457 e. The standard InChI is InChI=1S/C23H19ClN4O2S/c1-2-13-31-23-26-22(29)20-15-8-4-6-10-17(15)25-21(28(20)27-23)19-12-11-18(30-19)14-7-3-5-9-16(14)24/h3-12,21H,2,13H2,1H3,(H,26,27,29). The van der Waals surface area contributed by atoms with Crippen LogP contribution in [-0.4, -0.2) is 21.8 Å². The van der Waals surface area contributed by atoms with Gasteiger partial charge in [0.05, 0.1) is 10.4 Å². The molecule has 2 aromatic carbocycles. The van der Waals surface area contributed by atoms with Gasteiger partial charge in [-0.3, -0.25) is 10.1 Å². The molecular weight excluding hydrogens is 432 g/mol. The monoisotopic (exact) mass is 450 g/mol. The summed E-state index contributed by atoms with van der Waals surface area (Å²) in [5, 5.41) is 11.9. The summed E-state index contributed by atoms with van der Waals surface area (Å²) in [5.74, 6) is 1.89. The molecule has 8 heteroatoms. The average Bonchev–Trinajstić information content (AvgIpc) is 3.27. The summed E-state index contributed by atoms with van der Waals surface area (Å²) in [4.78, 5) is 17.9. The van der Waals surface area contributed by atoms with E-state index in [1.165, 1.54) is 11.8 Å². The topological polar surface area (TPSA) is 70.2 Å². The number of benzene rings is 2. The van der Waals surface area contributed by atoms with Crippen LogP contribution in [0, 0.1) is 0 Å². The molecule has 1 amide bonds. The maximum absolute atomic E-state index is 13.0. The molecular formula is C23H19ClN4O2S. The number of para-hydroxylation sites is 1. The minimum Gasteiger partial charge on any atom is -0.457 e. The first-order chi connectivity index (χ1) is 15.2. The lowest BCUT2D eigenvalue weighted by atomic mass is 10.1. The fourth-order valence-electron chi connectivity index (χ4n) is 3.57. The van der Waals surface area contributed by atoms with Gasteiger partial charge in [-0.2, -0.15) is 0 Å². The zero-order valence-electron chi connectivity index (χ0n) is 16.7. The lowest BCUT2D eigenvalue weighted by molar-refractivity contribution is -0.116. The van der Waals surface area contributed by atoms with Gasteiger partial charge in [-0.05, 0) is 36.8 Å². The Balaban J connectivity index is 1.63. The van der Waals surface area contributed by atoms with Gasteiger partial charge >= 0.3 is 0 Å². The van der Waals surface area contributed by atoms with E-state index in [2.05, 4.69) is 12.2 Å². The molecule has 2 aliphatic rings. The molecule has 156 valence electrons. The molecule has 0 fully saturated rings. The molecule has 1 atom stereocenters. The van der Waals surface area contributed by atoms with Gasteiger partial charge in [0.15, 0.2) is 10.9 Å². The summed E-state index contributed by atoms with van der Waals surface area (Å²) in [5.41, 5.74) is 1.27. The average molecular weight is 451 g/mol. The Morgan fingerprint density at radius 1 is 1.13 bits per heavy atom. The summed E-state index contributed by atoms with van der Waals surface area (Å²) in [7, 11) is 0. The number of hydrogen-bond donors (Lipinski definition) is 1. The van der Waals surface area contributed by atoms with E-state index in [9.17, 15) is 4.79 Å². The molecule has 5 rings (SSSR count). The van der Waals surface area contributed by atoms with Crippen molar-refractivity contribution >= 4 is 40.1 Å². The highest BCUT2D eigenvalue weighted by Gasteiger charge is 2.35. The van der Waals surface area contributed by atoms with E-state index >= 15 is 0 Å². The van der Waals surface area contributed by atoms with Gasteiger partial charge in [-0.1, -0.05) is 60.6 Å². The van der Waals surface area contributed by atoms with Crippen molar-refractivity contribution in [3.63, 3.8) is 0 Å². The lowest BCUT2D eigenvalue weighted by Gasteiger charge is -2.32. The van der Waals surface area contributed by atoms with Crippen molar-refractivity contribution in [3.05, 3.63) is 82.0 Å². The van der Waals surface area contributed by atoms with Crippen LogP contribution >= 0.6 is 23.4 Å². The Labute approximate surface area is 188 Å². The molecule has 1 N–H and O–H groups in total. The Morgan fingerprint density at radius 2 is 1.94 bits per heavy atom. The van der Waals surface area contributed by atoms with E-state index in [0.717, 1.165) is 28.3 Å². The van der Waals surface area contributed by atoms with E-state index in [0.29, 0.717) is 27.4 Å². The van der Waals surface area contributed by atoms with Crippen molar-refractivity contribution < 1.29 is 9.21 Å². The second-order valence-corrected chi connectivity index (χ2v) is 8.59. The molecule has 6 nitrogen and oxygen atoms in total. The number of hydrogen-bond acceptors (Lipinski definition) is 6. The quantitative estimate of drug-likeness (QED) is 0.654. The van der Waals surface area contributed by atoms with Crippen molar-refractivity contribution in [2.45, 2.75) is 19.5 Å². The van der Waals surface area contributed by atoms with E-state index in [1.54, 1.807) is 5.01 Å². The molecule has 0 radical (unpaired) electrons. The number of carbonyl (C=O) groups is 1. The van der Waals surface area contributed by atoms with Crippen LogP contribution < -0.4 is 15.9 Å². The Bertz CT molecular complexity index is 1320. The highest BCUT2D eigenvalue weighted by Crippen LogP contribution is 2.35. The molecule has 2 aliphatic heterocycles. The summed E-state index contributed by atoms with van der Waals surface area (Å²) in [6.45, 7) is 2.09. The normalized spacial score (nSPS) is 17.4. The minimum absolute atomic E-state index is 0.196. The number of furan rings is 1. The van der Waals surface area contributed by atoms with Crippen LogP contribution in [0.1, 0.15) is 25.3 Å². The number of rotatable bonds is 4. The summed E-state index contributed by atoms with van der Waals surface area (Å²) < 4.78 is 6.16. The number of thioether (sulfide) groups is 1. The van der Waals surface area contributed by atoms with Crippen LogP contribution in [0.4, 0.5) is 0 Å². The molecule has 0 spiro atoms. The fraction of sp³-hybridized carbons (Fsp3) is 0.174. The molecule has 1 aromatic heterocycles. The maximum atomic E-state index is 13.0. The summed E-state index contributed by atoms with van der Waals surface area (Å²) in [6.07, 6.45) is 0.385. The van der Waals surface area contributed by atoms with E-state index in [1.807, 2.05) is 60.7 Å². The predicted molar refractivity (Wildman–Crippen MR) is 123 cm³/mol. The first kappa shape index (κ1) is 19.9. The molecule has 31 heavy (non-hydrogen) atoms. The molecule has 3 heterocycles. The number of amidine groups is 1. The SMILES string of the molecule is CCCSC1=NN2C(=c3ccccc3=NC2c2ccc(-c3ccccc3Cl)o2)C(=O)N1. The number of hydrazone groups is 1. The Morgan fingerprint density at radius 3 is 2.77 bits per heavy atom. The van der Waals surface area contributed by atoms with Crippen LogP contribution in [0.5, 0.6) is 0 Å². The van der Waals surface area contributed by atoms with E-state index in [-0.39, 0.29) is 5.91 Å². The van der Waals surface area contributed by atoms with Gasteiger partial charge < -0.3 is 4.42 Å². The van der Waals surface area contributed by atoms with Gasteiger partial charge in [0.1, 0.15) is 11.5 Å². The van der Waals surface area contributed by atoms with E-state index in [4.69, 9.17) is 26.1 Å². The second-order valence-electron chi connectivity index (χ2n) is 7.10. The summed E-state index contributed by atoms with van der Waals surface area (Å²) in [6, 6.07) is 18.8. The van der Waals surface area contributed by atoms with Gasteiger partial charge in [0, 0.05) is 16.5 Å². The predicted octanol–water partition coefficient (Wildman–Crippen LogP) is 3.89. The molecule has 3 aromatic rings. The molecule has 0 saturated carbocycles. The van der Waals surface area contributed by atoms with Crippen molar-refractivity contribution in [2.24, 2.45) is 10.1 Å². The third-order valence-corrected chi connectivity index (χ3v) is 6.38. The number of halogens is 1.